The summed E-state index contributed by atoms with van der Waals surface area (Å²) in [5.74, 6) is -0.487. The summed E-state index contributed by atoms with van der Waals surface area (Å²) in [5, 5.41) is 25.3. The van der Waals surface area contributed by atoms with Gasteiger partial charge < -0.3 is 29.9 Å². The van der Waals surface area contributed by atoms with Gasteiger partial charge in [0.2, 0.25) is 5.91 Å². The summed E-state index contributed by atoms with van der Waals surface area (Å²) in [5.41, 5.74) is 3.21. The summed E-state index contributed by atoms with van der Waals surface area (Å²) in [4.78, 5) is 31.0. The summed E-state index contributed by atoms with van der Waals surface area (Å²) in [6.45, 7) is 4.77. The Morgan fingerprint density at radius 3 is 2.36 bits per heavy atom. The Balaban J connectivity index is 1.51. The molecule has 0 aliphatic carbocycles. The molecule has 0 aliphatic rings. The quantitative estimate of drug-likeness (QED) is 0.184. The molecule has 0 aliphatic heterocycles. The summed E-state index contributed by atoms with van der Waals surface area (Å²) >= 11 is 5.83. The maximum atomic E-state index is 13.4. The first-order valence-corrected chi connectivity index (χ1v) is 14.4. The predicted octanol–water partition coefficient (Wildman–Crippen LogP) is 5.24. The number of aromatic carboxylic acids is 1. The zero-order valence-electron chi connectivity index (χ0n) is 24.8. The van der Waals surface area contributed by atoms with E-state index in [1.54, 1.807) is 43.9 Å². The summed E-state index contributed by atoms with van der Waals surface area (Å²) in [6, 6.07) is 23.2. The molecule has 1 atom stereocenters. The molecule has 11 heteroatoms. The van der Waals surface area contributed by atoms with Crippen molar-refractivity contribution in [2.45, 2.75) is 38.8 Å². The highest BCUT2D eigenvalue weighted by Crippen LogP contribution is 2.23. The number of carboxylic acid groups (broad SMARTS) is 1. The van der Waals surface area contributed by atoms with Crippen molar-refractivity contribution in [3.8, 4) is 11.8 Å². The van der Waals surface area contributed by atoms with Crippen LogP contribution < -0.4 is 20.3 Å². The van der Waals surface area contributed by atoms with Crippen molar-refractivity contribution in [1.29, 1.82) is 5.26 Å². The van der Waals surface area contributed by atoms with Crippen molar-refractivity contribution in [2.75, 3.05) is 23.9 Å². The van der Waals surface area contributed by atoms with Gasteiger partial charge in [0.25, 0.3) is 0 Å². The molecule has 1 amide bonds. The first-order chi connectivity index (χ1) is 21.1. The number of amides is 1. The molecule has 10 nitrogen and oxygen atoms in total. The highest BCUT2D eigenvalue weighted by atomic mass is 32.1. The lowest BCUT2D eigenvalue weighted by Crippen LogP contribution is -2.55. The van der Waals surface area contributed by atoms with Crippen LogP contribution >= 0.6 is 12.2 Å². The van der Waals surface area contributed by atoms with E-state index in [0.717, 1.165) is 16.9 Å². The zero-order valence-corrected chi connectivity index (χ0v) is 25.6. The predicted molar refractivity (Wildman–Crippen MR) is 173 cm³/mol. The second-order valence-corrected chi connectivity index (χ2v) is 10.9. The molecule has 0 bridgehead atoms. The van der Waals surface area contributed by atoms with E-state index in [2.05, 4.69) is 21.7 Å². The molecule has 226 valence electrons. The van der Waals surface area contributed by atoms with Gasteiger partial charge in [-0.3, -0.25) is 4.79 Å². The summed E-state index contributed by atoms with van der Waals surface area (Å²) < 4.78 is 7.16. The highest BCUT2D eigenvalue weighted by molar-refractivity contribution is 7.80. The fourth-order valence-electron chi connectivity index (χ4n) is 4.58. The molecule has 1 heterocycles. The van der Waals surface area contributed by atoms with Crippen LogP contribution in [-0.2, 0) is 17.8 Å². The van der Waals surface area contributed by atoms with Gasteiger partial charge in [0.05, 0.1) is 42.6 Å². The Morgan fingerprint density at radius 1 is 1.09 bits per heavy atom. The summed E-state index contributed by atoms with van der Waals surface area (Å²) in [6.07, 6.45) is 4.08. The number of benzene rings is 3. The minimum Gasteiger partial charge on any atom is -0.497 e. The number of nitrogens with zero attached hydrogens (tertiary/aromatic N) is 4. The van der Waals surface area contributed by atoms with Gasteiger partial charge in [-0.1, -0.05) is 19.1 Å². The second-order valence-electron chi connectivity index (χ2n) is 10.6. The molecule has 1 aromatic heterocycles. The largest absolute Gasteiger partial charge is 0.497 e. The molecule has 3 aromatic carbocycles. The maximum absolute atomic E-state index is 13.4. The van der Waals surface area contributed by atoms with E-state index < -0.39 is 11.5 Å². The minimum atomic E-state index is -1.02. The third-order valence-electron chi connectivity index (χ3n) is 7.32. The number of rotatable bonds is 12. The van der Waals surface area contributed by atoms with Crippen molar-refractivity contribution in [1.82, 2.24) is 14.9 Å². The van der Waals surface area contributed by atoms with Crippen LogP contribution in [0.25, 0.3) is 0 Å². The fourth-order valence-corrected chi connectivity index (χ4v) is 4.87. The molecule has 44 heavy (non-hydrogen) atoms. The second kappa shape index (κ2) is 14.3. The van der Waals surface area contributed by atoms with Gasteiger partial charge in [-0.05, 0) is 91.8 Å². The Kier molecular flexibility index (Phi) is 10.3. The lowest BCUT2D eigenvalue weighted by atomic mass is 9.97. The zero-order chi connectivity index (χ0) is 31.7. The van der Waals surface area contributed by atoms with Crippen molar-refractivity contribution in [3.05, 3.63) is 108 Å². The minimum absolute atomic E-state index is 0.119. The number of thiocarbonyl (C=S) groups is 1. The van der Waals surface area contributed by atoms with Crippen LogP contribution in [0.2, 0.25) is 0 Å². The number of carbonyl (C=O) groups excluding carboxylic acids is 1. The number of carboxylic acids is 1. The molecule has 3 N–H and O–H groups in total. The smallest absolute Gasteiger partial charge is 0.335 e. The number of hydrogen-bond acceptors (Lipinski definition) is 6. The van der Waals surface area contributed by atoms with Gasteiger partial charge in [0, 0.05) is 36.4 Å². The van der Waals surface area contributed by atoms with E-state index in [1.165, 1.54) is 12.1 Å². The number of ether oxygens (including phenoxy) is 1. The van der Waals surface area contributed by atoms with Gasteiger partial charge in [0.1, 0.15) is 5.75 Å². The number of nitriles is 1. The number of anilines is 2. The molecule has 1 unspecified atom stereocenters. The molecule has 0 radical (unpaired) electrons. The number of aromatic nitrogens is 2. The molecular formula is C33H34N6O4S. The van der Waals surface area contributed by atoms with Crippen molar-refractivity contribution < 1.29 is 19.4 Å². The van der Waals surface area contributed by atoms with Gasteiger partial charge in [-0.25, -0.2) is 9.78 Å². The van der Waals surface area contributed by atoms with Crippen LogP contribution in [0.5, 0.6) is 5.75 Å². The first kappa shape index (κ1) is 31.7. The van der Waals surface area contributed by atoms with Gasteiger partial charge in [0.15, 0.2) is 5.11 Å². The van der Waals surface area contributed by atoms with Crippen LogP contribution in [0.1, 0.15) is 47.4 Å². The maximum Gasteiger partial charge on any atom is 0.335 e. The molecule has 0 fully saturated rings. The number of methoxy groups -OCH3 is 1. The van der Waals surface area contributed by atoms with Crippen LogP contribution in [-0.4, -0.2) is 50.8 Å². The van der Waals surface area contributed by atoms with Crippen LogP contribution in [0, 0.1) is 11.3 Å². The van der Waals surface area contributed by atoms with Crippen LogP contribution in [0.3, 0.4) is 0 Å². The number of imidazole rings is 1. The number of hydrogen-bond donors (Lipinski definition) is 3. The molecular weight excluding hydrogens is 576 g/mol. The van der Waals surface area contributed by atoms with Gasteiger partial charge in [-0.15, -0.1) is 0 Å². The van der Waals surface area contributed by atoms with E-state index >= 15 is 0 Å². The van der Waals surface area contributed by atoms with E-state index in [4.69, 9.17) is 22.2 Å². The standard InChI is InChI=1S/C33H34N6O4S/c1-4-33(2,37-30(40)17-28-19-35-22-38(28)20-24-7-5-23(18-34)6-8-24)21-39(27-13-9-25(10-14-27)31(41)42)32(44)36-26-11-15-29(43-3)16-12-26/h5-16,19,22H,4,17,20-21H2,1-3H3,(H,36,44)(H,37,40)(H,41,42). The van der Waals surface area contributed by atoms with Crippen molar-refractivity contribution in [3.63, 3.8) is 0 Å². The lowest BCUT2D eigenvalue weighted by Gasteiger charge is -2.37. The van der Waals surface area contributed by atoms with E-state index in [0.29, 0.717) is 41.6 Å². The molecule has 0 spiro atoms. The van der Waals surface area contributed by atoms with E-state index in [9.17, 15) is 14.7 Å². The molecule has 0 saturated heterocycles. The first-order valence-electron chi connectivity index (χ1n) is 14.0. The Morgan fingerprint density at radius 2 is 1.77 bits per heavy atom. The van der Waals surface area contributed by atoms with Gasteiger partial charge >= 0.3 is 5.97 Å². The van der Waals surface area contributed by atoms with Crippen LogP contribution in [0.15, 0.2) is 85.3 Å². The number of nitrogens with one attached hydrogen (secondary N) is 2. The number of carbonyl (C=O) groups is 2. The van der Waals surface area contributed by atoms with Crippen molar-refractivity contribution in [2.24, 2.45) is 0 Å². The summed E-state index contributed by atoms with van der Waals surface area (Å²) in [7, 11) is 1.60. The third kappa shape index (κ3) is 8.20. The van der Waals surface area contributed by atoms with E-state index in [1.807, 2.05) is 59.7 Å². The highest BCUT2D eigenvalue weighted by Gasteiger charge is 2.30. The Hall–Kier alpha value is -5.21. The lowest BCUT2D eigenvalue weighted by molar-refractivity contribution is -0.122. The van der Waals surface area contributed by atoms with Crippen LogP contribution in [0.4, 0.5) is 11.4 Å². The normalized spacial score (nSPS) is 12.0. The molecule has 0 saturated carbocycles. The monoisotopic (exact) mass is 610 g/mol. The van der Waals surface area contributed by atoms with Crippen molar-refractivity contribution >= 4 is 40.6 Å². The topological polar surface area (TPSA) is 133 Å². The molecule has 4 aromatic rings. The average molecular weight is 611 g/mol. The molecule has 4 rings (SSSR count). The Labute approximate surface area is 261 Å². The third-order valence-corrected chi connectivity index (χ3v) is 7.64. The SMILES string of the molecule is CCC(C)(CN(C(=S)Nc1ccc(OC)cc1)c1ccc(C(=O)O)cc1)NC(=O)Cc1cncn1Cc1ccc(C#N)cc1. The Bertz CT molecular complexity index is 1650. The fraction of sp³-hybridized carbons (Fsp3) is 0.242. The average Bonchev–Trinajstić information content (AvgIpc) is 3.46. The van der Waals surface area contributed by atoms with Gasteiger partial charge in [-0.2, -0.15) is 5.26 Å². The van der Waals surface area contributed by atoms with E-state index in [-0.39, 0.29) is 17.9 Å².